The highest BCUT2D eigenvalue weighted by Gasteiger charge is 2.26. The first-order valence-electron chi connectivity index (χ1n) is 5.95. The second kappa shape index (κ2) is 5.08. The molecule has 1 aromatic heterocycles. The highest BCUT2D eigenvalue weighted by atomic mass is 32.1. The summed E-state index contributed by atoms with van der Waals surface area (Å²) < 4.78 is 0. The number of nitrogens with zero attached hydrogens (tertiary/aromatic N) is 1. The summed E-state index contributed by atoms with van der Waals surface area (Å²) in [4.78, 5) is 5.47. The summed E-state index contributed by atoms with van der Waals surface area (Å²) in [7, 11) is 0. The quantitative estimate of drug-likeness (QED) is 0.838. The van der Waals surface area contributed by atoms with E-state index in [1.165, 1.54) is 49.8 Å². The summed E-state index contributed by atoms with van der Waals surface area (Å²) in [6.07, 6.45) is 12.1. The molecule has 2 nitrogen and oxygen atoms in total. The molecule has 84 valence electrons. The van der Waals surface area contributed by atoms with Crippen LogP contribution in [-0.4, -0.2) is 10.5 Å². The Morgan fingerprint density at radius 1 is 1.20 bits per heavy atom. The molecule has 1 heterocycles. The van der Waals surface area contributed by atoms with Gasteiger partial charge in [0.2, 0.25) is 0 Å². The summed E-state index contributed by atoms with van der Waals surface area (Å²) in [6, 6.07) is 0. The monoisotopic (exact) mass is 224 g/mol. The van der Waals surface area contributed by atoms with Gasteiger partial charge in [0, 0.05) is 23.0 Å². The first-order chi connectivity index (χ1) is 7.29. The molecule has 0 bridgehead atoms. The molecule has 2 N–H and O–H groups in total. The minimum absolute atomic E-state index is 0.0486. The molecule has 0 unspecified atom stereocenters. The van der Waals surface area contributed by atoms with Crippen LogP contribution in [0.1, 0.15) is 49.8 Å². The molecule has 0 amide bonds. The minimum atomic E-state index is 0.0486. The molecule has 0 aliphatic heterocycles. The van der Waals surface area contributed by atoms with E-state index in [0.717, 1.165) is 6.42 Å². The summed E-state index contributed by atoms with van der Waals surface area (Å²) >= 11 is 1.74. The molecular formula is C12H20N2S. The van der Waals surface area contributed by atoms with E-state index in [-0.39, 0.29) is 5.54 Å². The average Bonchev–Trinajstić information content (AvgIpc) is 2.65. The topological polar surface area (TPSA) is 38.9 Å². The fourth-order valence-corrected chi connectivity index (χ4v) is 3.21. The number of aromatic nitrogens is 1. The van der Waals surface area contributed by atoms with Crippen LogP contribution in [-0.2, 0) is 6.42 Å². The van der Waals surface area contributed by atoms with Gasteiger partial charge in [0.25, 0.3) is 0 Å². The average molecular weight is 224 g/mol. The van der Waals surface area contributed by atoms with Gasteiger partial charge < -0.3 is 5.73 Å². The lowest BCUT2D eigenvalue weighted by Crippen LogP contribution is -2.42. The van der Waals surface area contributed by atoms with Crippen LogP contribution >= 0.6 is 11.3 Å². The lowest BCUT2D eigenvalue weighted by molar-refractivity contribution is 0.316. The molecular weight excluding hydrogens is 204 g/mol. The van der Waals surface area contributed by atoms with Crippen molar-refractivity contribution in [1.29, 1.82) is 0 Å². The predicted molar refractivity (Wildman–Crippen MR) is 65.1 cm³/mol. The Bertz CT molecular complexity index is 274. The first kappa shape index (κ1) is 11.1. The maximum Gasteiger partial charge on any atom is 0.0794 e. The van der Waals surface area contributed by atoms with Crippen molar-refractivity contribution in [2.24, 2.45) is 5.73 Å². The van der Waals surface area contributed by atoms with E-state index in [0.29, 0.717) is 0 Å². The van der Waals surface area contributed by atoms with Gasteiger partial charge in [0.15, 0.2) is 0 Å². The van der Waals surface area contributed by atoms with Crippen LogP contribution in [0.15, 0.2) is 11.7 Å². The molecule has 15 heavy (non-hydrogen) atoms. The Balaban J connectivity index is 1.96. The van der Waals surface area contributed by atoms with Gasteiger partial charge in [0.1, 0.15) is 0 Å². The van der Waals surface area contributed by atoms with Crippen LogP contribution in [0.3, 0.4) is 0 Å². The highest BCUT2D eigenvalue weighted by molar-refractivity contribution is 7.09. The molecule has 0 spiro atoms. The van der Waals surface area contributed by atoms with Crippen LogP contribution < -0.4 is 5.73 Å². The van der Waals surface area contributed by atoms with Gasteiger partial charge in [-0.2, -0.15) is 0 Å². The molecule has 0 atom stereocenters. The SMILES string of the molecule is NC1(Cc2cncs2)CCCCCCC1. The Morgan fingerprint density at radius 3 is 2.47 bits per heavy atom. The van der Waals surface area contributed by atoms with Crippen molar-refractivity contribution in [2.75, 3.05) is 0 Å². The molecule has 0 radical (unpaired) electrons. The fourth-order valence-electron chi connectivity index (χ4n) is 2.46. The third-order valence-electron chi connectivity index (χ3n) is 3.36. The van der Waals surface area contributed by atoms with Crippen LogP contribution in [0.5, 0.6) is 0 Å². The molecule has 1 aliphatic rings. The van der Waals surface area contributed by atoms with Crippen molar-refractivity contribution in [3.8, 4) is 0 Å². The molecule has 1 fully saturated rings. The van der Waals surface area contributed by atoms with Crippen molar-refractivity contribution in [2.45, 2.75) is 56.9 Å². The standard InChI is InChI=1S/C12H20N2S/c13-12(8-11-9-14-10-15-11)6-4-2-1-3-5-7-12/h9-10H,1-8,13H2. The van der Waals surface area contributed by atoms with Crippen molar-refractivity contribution >= 4 is 11.3 Å². The van der Waals surface area contributed by atoms with E-state index >= 15 is 0 Å². The smallest absolute Gasteiger partial charge is 0.0794 e. The molecule has 1 saturated carbocycles. The van der Waals surface area contributed by atoms with Crippen LogP contribution in [0.25, 0.3) is 0 Å². The molecule has 1 aliphatic carbocycles. The van der Waals surface area contributed by atoms with Crippen molar-refractivity contribution in [3.63, 3.8) is 0 Å². The molecule has 0 aromatic carbocycles. The lowest BCUT2D eigenvalue weighted by atomic mass is 9.82. The van der Waals surface area contributed by atoms with Gasteiger partial charge in [0.05, 0.1) is 5.51 Å². The third-order valence-corrected chi connectivity index (χ3v) is 4.14. The van der Waals surface area contributed by atoms with E-state index in [1.54, 1.807) is 11.3 Å². The van der Waals surface area contributed by atoms with Gasteiger partial charge in [-0.3, -0.25) is 4.98 Å². The lowest BCUT2D eigenvalue weighted by Gasteiger charge is -2.31. The highest BCUT2D eigenvalue weighted by Crippen LogP contribution is 2.28. The van der Waals surface area contributed by atoms with E-state index in [9.17, 15) is 0 Å². The zero-order valence-corrected chi connectivity index (χ0v) is 10.1. The second-order valence-electron chi connectivity index (χ2n) is 4.77. The van der Waals surface area contributed by atoms with E-state index < -0.39 is 0 Å². The Kier molecular flexibility index (Phi) is 3.76. The molecule has 3 heteroatoms. The van der Waals surface area contributed by atoms with Crippen molar-refractivity contribution < 1.29 is 0 Å². The predicted octanol–water partition coefficient (Wildman–Crippen LogP) is 3.13. The zero-order chi connectivity index (χ0) is 10.6. The van der Waals surface area contributed by atoms with Gasteiger partial charge in [-0.05, 0) is 12.8 Å². The van der Waals surface area contributed by atoms with Crippen LogP contribution in [0.2, 0.25) is 0 Å². The maximum atomic E-state index is 6.50. The van der Waals surface area contributed by atoms with Gasteiger partial charge in [-0.1, -0.05) is 32.1 Å². The number of nitrogens with two attached hydrogens (primary N) is 1. The number of hydrogen-bond donors (Lipinski definition) is 1. The van der Waals surface area contributed by atoms with Gasteiger partial charge in [-0.15, -0.1) is 11.3 Å². The molecule has 1 aromatic rings. The van der Waals surface area contributed by atoms with E-state index in [4.69, 9.17) is 5.73 Å². The summed E-state index contributed by atoms with van der Waals surface area (Å²) in [5, 5.41) is 0. The van der Waals surface area contributed by atoms with Gasteiger partial charge >= 0.3 is 0 Å². The number of rotatable bonds is 2. The maximum absolute atomic E-state index is 6.50. The number of thiazole rings is 1. The number of hydrogen-bond acceptors (Lipinski definition) is 3. The normalized spacial score (nSPS) is 21.9. The van der Waals surface area contributed by atoms with E-state index in [2.05, 4.69) is 4.98 Å². The Morgan fingerprint density at radius 2 is 1.87 bits per heavy atom. The minimum Gasteiger partial charge on any atom is -0.325 e. The third kappa shape index (κ3) is 3.28. The van der Waals surface area contributed by atoms with Crippen molar-refractivity contribution in [3.05, 3.63) is 16.6 Å². The van der Waals surface area contributed by atoms with Crippen LogP contribution in [0, 0.1) is 0 Å². The summed E-state index contributed by atoms with van der Waals surface area (Å²) in [5.41, 5.74) is 8.45. The Hall–Kier alpha value is -0.410. The molecule has 0 saturated heterocycles. The van der Waals surface area contributed by atoms with Gasteiger partial charge in [-0.25, -0.2) is 0 Å². The fraction of sp³-hybridized carbons (Fsp3) is 0.750. The largest absolute Gasteiger partial charge is 0.325 e. The first-order valence-corrected chi connectivity index (χ1v) is 6.83. The van der Waals surface area contributed by atoms with E-state index in [1.807, 2.05) is 11.7 Å². The second-order valence-corrected chi connectivity index (χ2v) is 5.75. The zero-order valence-electron chi connectivity index (χ0n) is 9.24. The van der Waals surface area contributed by atoms with Crippen LogP contribution in [0.4, 0.5) is 0 Å². The Labute approximate surface area is 95.9 Å². The van der Waals surface area contributed by atoms with Crippen molar-refractivity contribution in [1.82, 2.24) is 4.98 Å². The summed E-state index contributed by atoms with van der Waals surface area (Å²) in [5.74, 6) is 0. The molecule has 2 rings (SSSR count). The summed E-state index contributed by atoms with van der Waals surface area (Å²) in [6.45, 7) is 0.